The van der Waals surface area contributed by atoms with Crippen LogP contribution in [-0.4, -0.2) is 31.8 Å². The van der Waals surface area contributed by atoms with Gasteiger partial charge in [-0.05, 0) is 18.6 Å². The van der Waals surface area contributed by atoms with Crippen LogP contribution in [0.1, 0.15) is 21.6 Å². The first-order chi connectivity index (χ1) is 12.5. The second-order valence-electron chi connectivity index (χ2n) is 5.45. The molecule has 3 aromatic rings. The predicted molar refractivity (Wildman–Crippen MR) is 96.0 cm³/mol. The largest absolute Gasteiger partial charge is 0.501 e. The van der Waals surface area contributed by atoms with Crippen LogP contribution in [-0.2, 0) is 0 Å². The standard InChI is InChI=1S/C18H15N5O3/c1-10-6-5-9-20-12(10)16-21-13(14(24)18(26)23-16)17(25)22-15(19)11-7-3-2-4-8-11/h2-9,24H,1H3,(H2,19,22,25)(H,21,23,26). The van der Waals surface area contributed by atoms with Crippen LogP contribution in [0.5, 0.6) is 5.75 Å². The number of amides is 1. The summed E-state index contributed by atoms with van der Waals surface area (Å²) in [6.07, 6.45) is 1.53. The number of carbonyl (C=O) groups excluding carboxylic acids is 1. The maximum absolute atomic E-state index is 12.4. The predicted octanol–water partition coefficient (Wildman–Crippen LogP) is 1.39. The Kier molecular flexibility index (Phi) is 4.57. The third-order valence-electron chi connectivity index (χ3n) is 3.62. The minimum absolute atomic E-state index is 0.0485. The van der Waals surface area contributed by atoms with Crippen molar-refractivity contribution in [2.45, 2.75) is 6.92 Å². The summed E-state index contributed by atoms with van der Waals surface area (Å²) in [6, 6.07) is 12.2. The van der Waals surface area contributed by atoms with E-state index in [2.05, 4.69) is 19.9 Å². The molecule has 0 atom stereocenters. The van der Waals surface area contributed by atoms with Crippen LogP contribution in [0.4, 0.5) is 0 Å². The molecule has 3 rings (SSSR count). The zero-order valence-electron chi connectivity index (χ0n) is 13.8. The Morgan fingerprint density at radius 3 is 2.62 bits per heavy atom. The van der Waals surface area contributed by atoms with E-state index in [9.17, 15) is 14.7 Å². The van der Waals surface area contributed by atoms with Crippen molar-refractivity contribution in [2.75, 3.05) is 0 Å². The molecule has 1 amide bonds. The maximum Gasteiger partial charge on any atom is 0.301 e. The van der Waals surface area contributed by atoms with Gasteiger partial charge in [0.1, 0.15) is 11.5 Å². The van der Waals surface area contributed by atoms with Gasteiger partial charge in [-0.25, -0.2) is 4.98 Å². The van der Waals surface area contributed by atoms with Crippen molar-refractivity contribution in [3.63, 3.8) is 0 Å². The molecule has 0 aliphatic carbocycles. The summed E-state index contributed by atoms with van der Waals surface area (Å²) >= 11 is 0. The number of hydrogen-bond acceptors (Lipinski definition) is 5. The van der Waals surface area contributed by atoms with Gasteiger partial charge in [0.05, 0.1) is 0 Å². The van der Waals surface area contributed by atoms with Crippen molar-refractivity contribution < 1.29 is 9.90 Å². The number of pyridine rings is 1. The molecular weight excluding hydrogens is 334 g/mol. The molecule has 2 aromatic heterocycles. The first-order valence-corrected chi connectivity index (χ1v) is 7.66. The normalized spacial score (nSPS) is 11.3. The molecule has 0 bridgehead atoms. The third kappa shape index (κ3) is 3.34. The molecule has 0 unspecified atom stereocenters. The molecule has 2 heterocycles. The van der Waals surface area contributed by atoms with Crippen LogP contribution in [0.3, 0.4) is 0 Å². The van der Waals surface area contributed by atoms with E-state index in [1.54, 1.807) is 49.4 Å². The number of aromatic hydroxyl groups is 1. The summed E-state index contributed by atoms with van der Waals surface area (Å²) in [5.74, 6) is -1.74. The second kappa shape index (κ2) is 6.98. The Bertz CT molecular complexity index is 1060. The quantitative estimate of drug-likeness (QED) is 0.483. The summed E-state index contributed by atoms with van der Waals surface area (Å²) in [6.45, 7) is 1.78. The Morgan fingerprint density at radius 1 is 1.19 bits per heavy atom. The Morgan fingerprint density at radius 2 is 1.92 bits per heavy atom. The first-order valence-electron chi connectivity index (χ1n) is 7.66. The average molecular weight is 349 g/mol. The topological polar surface area (TPSA) is 134 Å². The Labute approximate surface area is 148 Å². The Balaban J connectivity index is 2.06. The first kappa shape index (κ1) is 17.0. The molecule has 8 nitrogen and oxygen atoms in total. The molecule has 0 radical (unpaired) electrons. The van der Waals surface area contributed by atoms with Gasteiger partial charge in [0, 0.05) is 11.8 Å². The lowest BCUT2D eigenvalue weighted by atomic mass is 10.2. The molecular formula is C18H15N5O3. The fraction of sp³-hybridized carbons (Fsp3) is 0.0556. The van der Waals surface area contributed by atoms with Crippen molar-refractivity contribution in [3.05, 3.63) is 75.8 Å². The molecule has 0 aliphatic rings. The van der Waals surface area contributed by atoms with Crippen LogP contribution in [0.15, 0.2) is 58.4 Å². The number of rotatable bonds is 3. The minimum Gasteiger partial charge on any atom is -0.501 e. The fourth-order valence-electron chi connectivity index (χ4n) is 2.30. The van der Waals surface area contributed by atoms with Crippen molar-refractivity contribution in [1.82, 2.24) is 15.0 Å². The highest BCUT2D eigenvalue weighted by Crippen LogP contribution is 2.18. The molecule has 0 saturated heterocycles. The summed E-state index contributed by atoms with van der Waals surface area (Å²) in [5, 5.41) is 9.93. The van der Waals surface area contributed by atoms with Crippen molar-refractivity contribution in [1.29, 1.82) is 0 Å². The number of aliphatic imine (C=N–C) groups is 1. The summed E-state index contributed by atoms with van der Waals surface area (Å²) in [4.78, 5) is 38.7. The number of hydrogen-bond donors (Lipinski definition) is 3. The van der Waals surface area contributed by atoms with E-state index in [4.69, 9.17) is 5.73 Å². The molecule has 0 saturated carbocycles. The smallest absolute Gasteiger partial charge is 0.301 e. The van der Waals surface area contributed by atoms with E-state index in [0.29, 0.717) is 11.3 Å². The zero-order chi connectivity index (χ0) is 18.7. The number of aromatic amines is 1. The number of nitrogens with zero attached hydrogens (tertiary/aromatic N) is 3. The maximum atomic E-state index is 12.4. The lowest BCUT2D eigenvalue weighted by molar-refractivity contribution is 0.0995. The fourth-order valence-corrected chi connectivity index (χ4v) is 2.30. The number of amidine groups is 1. The van der Waals surface area contributed by atoms with Crippen LogP contribution in [0, 0.1) is 6.92 Å². The van der Waals surface area contributed by atoms with Gasteiger partial charge in [-0.3, -0.25) is 14.6 Å². The van der Waals surface area contributed by atoms with E-state index in [1.807, 2.05) is 0 Å². The number of carbonyl (C=O) groups is 1. The highest BCUT2D eigenvalue weighted by Gasteiger charge is 2.19. The summed E-state index contributed by atoms with van der Waals surface area (Å²) < 4.78 is 0. The molecule has 1 aromatic carbocycles. The molecule has 0 aliphatic heterocycles. The van der Waals surface area contributed by atoms with E-state index in [0.717, 1.165) is 5.56 Å². The van der Waals surface area contributed by atoms with Gasteiger partial charge < -0.3 is 15.8 Å². The average Bonchev–Trinajstić information content (AvgIpc) is 2.65. The number of H-pyrrole nitrogens is 1. The van der Waals surface area contributed by atoms with Gasteiger partial charge in [-0.2, -0.15) is 4.99 Å². The van der Waals surface area contributed by atoms with Gasteiger partial charge >= 0.3 is 5.91 Å². The van der Waals surface area contributed by atoms with Crippen LogP contribution < -0.4 is 11.3 Å². The third-order valence-corrected chi connectivity index (χ3v) is 3.62. The Hall–Kier alpha value is -3.81. The van der Waals surface area contributed by atoms with Crippen LogP contribution in [0.25, 0.3) is 11.5 Å². The van der Waals surface area contributed by atoms with E-state index in [-0.39, 0.29) is 11.7 Å². The number of nitrogens with two attached hydrogens (primary N) is 1. The molecule has 8 heteroatoms. The van der Waals surface area contributed by atoms with Crippen molar-refractivity contribution >= 4 is 11.7 Å². The van der Waals surface area contributed by atoms with Crippen molar-refractivity contribution in [2.24, 2.45) is 10.7 Å². The minimum atomic E-state index is -0.926. The highest BCUT2D eigenvalue weighted by molar-refractivity contribution is 6.08. The highest BCUT2D eigenvalue weighted by atomic mass is 16.3. The van der Waals surface area contributed by atoms with Gasteiger partial charge in [0.25, 0.3) is 5.56 Å². The van der Waals surface area contributed by atoms with Gasteiger partial charge in [-0.15, -0.1) is 0 Å². The van der Waals surface area contributed by atoms with Gasteiger partial charge in [-0.1, -0.05) is 36.4 Å². The van der Waals surface area contributed by atoms with Crippen LogP contribution >= 0.6 is 0 Å². The molecule has 130 valence electrons. The number of aromatic nitrogens is 3. The zero-order valence-corrected chi connectivity index (χ0v) is 13.8. The van der Waals surface area contributed by atoms with Crippen molar-refractivity contribution in [3.8, 4) is 17.3 Å². The van der Waals surface area contributed by atoms with Gasteiger partial charge in [0.2, 0.25) is 5.75 Å². The van der Waals surface area contributed by atoms with E-state index in [1.165, 1.54) is 6.20 Å². The summed E-state index contributed by atoms with van der Waals surface area (Å²) in [7, 11) is 0. The molecule has 0 fully saturated rings. The lowest BCUT2D eigenvalue weighted by Crippen LogP contribution is -2.19. The number of aryl methyl sites for hydroxylation is 1. The second-order valence-corrected chi connectivity index (χ2v) is 5.45. The van der Waals surface area contributed by atoms with E-state index < -0.39 is 22.9 Å². The summed E-state index contributed by atoms with van der Waals surface area (Å²) in [5.41, 5.74) is 6.12. The van der Waals surface area contributed by atoms with E-state index >= 15 is 0 Å². The number of benzene rings is 1. The lowest BCUT2D eigenvalue weighted by Gasteiger charge is -2.06. The number of nitrogens with one attached hydrogen (secondary N) is 1. The SMILES string of the molecule is Cc1cccnc1-c1nc(C(=O)N=C(N)c2ccccc2)c(O)c(=O)[nH]1. The molecule has 0 spiro atoms. The monoisotopic (exact) mass is 349 g/mol. The molecule has 4 N–H and O–H groups in total. The molecule has 26 heavy (non-hydrogen) atoms. The van der Waals surface area contributed by atoms with Gasteiger partial charge in [0.15, 0.2) is 11.5 Å². The van der Waals surface area contributed by atoms with Crippen LogP contribution in [0.2, 0.25) is 0 Å².